The van der Waals surface area contributed by atoms with Gasteiger partial charge in [0, 0.05) is 43.5 Å². The van der Waals surface area contributed by atoms with E-state index >= 15 is 0 Å². The standard InChI is InChI=1S/C18H17ClN4/c1-12-17(4-3-6-20-12)23-7-5-13(11-23)14-8-15-10-22(2)21-18(15)16(19)9-14/h3-10,13H,11H2,1-2H3. The van der Waals surface area contributed by atoms with Crippen LogP contribution in [-0.4, -0.2) is 21.3 Å². The van der Waals surface area contributed by atoms with Crippen molar-refractivity contribution < 1.29 is 0 Å². The lowest BCUT2D eigenvalue weighted by Gasteiger charge is -2.20. The summed E-state index contributed by atoms with van der Waals surface area (Å²) in [6.45, 7) is 2.93. The number of aromatic nitrogens is 3. The molecule has 3 aromatic rings. The lowest BCUT2D eigenvalue weighted by molar-refractivity contribution is 0.780. The summed E-state index contributed by atoms with van der Waals surface area (Å²) in [6.07, 6.45) is 8.19. The Morgan fingerprint density at radius 2 is 2.17 bits per heavy atom. The summed E-state index contributed by atoms with van der Waals surface area (Å²) >= 11 is 6.41. The quantitative estimate of drug-likeness (QED) is 0.713. The van der Waals surface area contributed by atoms with E-state index in [0.717, 1.165) is 28.8 Å². The van der Waals surface area contributed by atoms with E-state index in [1.54, 1.807) is 4.68 Å². The summed E-state index contributed by atoms with van der Waals surface area (Å²) in [6, 6.07) is 8.29. The zero-order chi connectivity index (χ0) is 16.0. The Morgan fingerprint density at radius 3 is 3.00 bits per heavy atom. The van der Waals surface area contributed by atoms with Gasteiger partial charge in [0.2, 0.25) is 0 Å². The summed E-state index contributed by atoms with van der Waals surface area (Å²) < 4.78 is 1.80. The van der Waals surface area contributed by atoms with Gasteiger partial charge < -0.3 is 4.90 Å². The smallest absolute Gasteiger partial charge is 0.111 e. The molecule has 1 unspecified atom stereocenters. The van der Waals surface area contributed by atoms with Crippen molar-refractivity contribution in [1.82, 2.24) is 14.8 Å². The second-order valence-corrected chi connectivity index (χ2v) is 6.36. The van der Waals surface area contributed by atoms with E-state index in [-0.39, 0.29) is 0 Å². The molecule has 3 heterocycles. The van der Waals surface area contributed by atoms with Crippen LogP contribution in [0.1, 0.15) is 17.2 Å². The van der Waals surface area contributed by atoms with Crippen molar-refractivity contribution in [2.75, 3.05) is 11.4 Å². The number of hydrogen-bond donors (Lipinski definition) is 0. The monoisotopic (exact) mass is 324 g/mol. The van der Waals surface area contributed by atoms with Gasteiger partial charge in [-0.2, -0.15) is 5.10 Å². The first kappa shape index (κ1) is 14.3. The van der Waals surface area contributed by atoms with Gasteiger partial charge in [-0.15, -0.1) is 0 Å². The van der Waals surface area contributed by atoms with Crippen molar-refractivity contribution >= 4 is 28.2 Å². The van der Waals surface area contributed by atoms with Gasteiger partial charge in [0.15, 0.2) is 0 Å². The summed E-state index contributed by atoms with van der Waals surface area (Å²) in [4.78, 5) is 6.62. The highest BCUT2D eigenvalue weighted by Gasteiger charge is 2.21. The predicted octanol–water partition coefficient (Wildman–Crippen LogP) is 4.05. The molecule has 4 nitrogen and oxygen atoms in total. The molecule has 0 N–H and O–H groups in total. The van der Waals surface area contributed by atoms with Crippen LogP contribution in [0.4, 0.5) is 5.69 Å². The van der Waals surface area contributed by atoms with Gasteiger partial charge in [0.25, 0.3) is 0 Å². The zero-order valence-corrected chi connectivity index (χ0v) is 13.8. The third-order valence-corrected chi connectivity index (χ3v) is 4.60. The molecule has 1 atom stereocenters. The number of hydrogen-bond acceptors (Lipinski definition) is 3. The number of aryl methyl sites for hydroxylation is 2. The van der Waals surface area contributed by atoms with Gasteiger partial charge in [-0.3, -0.25) is 9.67 Å². The molecule has 1 aliphatic rings. The molecule has 0 radical (unpaired) electrons. The first-order valence-corrected chi connectivity index (χ1v) is 7.99. The summed E-state index contributed by atoms with van der Waals surface area (Å²) in [5.74, 6) is 0.316. The average molecular weight is 325 g/mol. The minimum absolute atomic E-state index is 0.316. The van der Waals surface area contributed by atoms with Crippen LogP contribution in [0.3, 0.4) is 0 Å². The number of pyridine rings is 1. The summed E-state index contributed by atoms with van der Waals surface area (Å²) in [5.41, 5.74) is 4.27. The van der Waals surface area contributed by atoms with Gasteiger partial charge in [-0.05, 0) is 36.8 Å². The topological polar surface area (TPSA) is 34.0 Å². The predicted molar refractivity (Wildman–Crippen MR) is 93.9 cm³/mol. The molecule has 0 aliphatic carbocycles. The van der Waals surface area contributed by atoms with E-state index in [4.69, 9.17) is 11.6 Å². The van der Waals surface area contributed by atoms with Crippen LogP contribution < -0.4 is 4.90 Å². The Hall–Kier alpha value is -2.33. The van der Waals surface area contributed by atoms with Gasteiger partial charge in [0.1, 0.15) is 5.52 Å². The number of nitrogens with zero attached hydrogens (tertiary/aromatic N) is 4. The SMILES string of the molecule is Cc1ncccc1N1C=CC(c2cc(Cl)c3nn(C)cc3c2)C1. The van der Waals surface area contributed by atoms with E-state index in [1.165, 1.54) is 5.56 Å². The molecule has 0 saturated heterocycles. The fraction of sp³-hybridized carbons (Fsp3) is 0.222. The number of rotatable bonds is 2. The van der Waals surface area contributed by atoms with E-state index in [2.05, 4.69) is 39.4 Å². The molecule has 2 aromatic heterocycles. The van der Waals surface area contributed by atoms with Crippen LogP contribution in [0.25, 0.3) is 10.9 Å². The molecule has 0 fully saturated rings. The van der Waals surface area contributed by atoms with Crippen LogP contribution >= 0.6 is 11.6 Å². The van der Waals surface area contributed by atoms with Crippen molar-refractivity contribution in [3.8, 4) is 0 Å². The number of anilines is 1. The molecule has 0 amide bonds. The highest BCUT2D eigenvalue weighted by Crippen LogP contribution is 2.33. The molecule has 0 spiro atoms. The molecule has 23 heavy (non-hydrogen) atoms. The Morgan fingerprint density at radius 1 is 1.30 bits per heavy atom. The molecular formula is C18H17ClN4. The largest absolute Gasteiger partial charge is 0.346 e. The van der Waals surface area contributed by atoms with E-state index in [1.807, 2.05) is 38.5 Å². The van der Waals surface area contributed by atoms with E-state index < -0.39 is 0 Å². The molecule has 5 heteroatoms. The fourth-order valence-corrected chi connectivity index (χ4v) is 3.44. The first-order valence-electron chi connectivity index (χ1n) is 7.61. The van der Waals surface area contributed by atoms with Gasteiger partial charge in [-0.25, -0.2) is 0 Å². The lowest BCUT2D eigenvalue weighted by atomic mass is 9.99. The molecule has 116 valence electrons. The molecule has 0 saturated carbocycles. The van der Waals surface area contributed by atoms with Crippen LogP contribution in [0.15, 0.2) is 48.9 Å². The van der Waals surface area contributed by atoms with E-state index in [9.17, 15) is 0 Å². The van der Waals surface area contributed by atoms with Crippen molar-refractivity contribution in [2.45, 2.75) is 12.8 Å². The fourth-order valence-electron chi connectivity index (χ4n) is 3.16. The van der Waals surface area contributed by atoms with E-state index in [0.29, 0.717) is 10.9 Å². The first-order chi connectivity index (χ1) is 11.1. The third-order valence-electron chi connectivity index (χ3n) is 4.31. The Balaban J connectivity index is 1.66. The minimum Gasteiger partial charge on any atom is -0.346 e. The Bertz CT molecular complexity index is 913. The van der Waals surface area contributed by atoms with Crippen LogP contribution in [0, 0.1) is 6.92 Å². The van der Waals surface area contributed by atoms with Crippen LogP contribution in [0.2, 0.25) is 5.02 Å². The molecular weight excluding hydrogens is 308 g/mol. The average Bonchev–Trinajstić information content (AvgIpc) is 3.14. The number of halogens is 1. The van der Waals surface area contributed by atoms with Gasteiger partial charge >= 0.3 is 0 Å². The number of benzene rings is 1. The number of fused-ring (bicyclic) bond motifs is 1. The maximum absolute atomic E-state index is 6.41. The van der Waals surface area contributed by atoms with Crippen molar-refractivity contribution in [3.05, 3.63) is 65.2 Å². The summed E-state index contributed by atoms with van der Waals surface area (Å²) in [7, 11) is 1.92. The van der Waals surface area contributed by atoms with Gasteiger partial charge in [-0.1, -0.05) is 17.7 Å². The third kappa shape index (κ3) is 2.49. The summed E-state index contributed by atoms with van der Waals surface area (Å²) in [5, 5.41) is 6.20. The molecule has 4 rings (SSSR count). The van der Waals surface area contributed by atoms with Crippen molar-refractivity contribution in [3.63, 3.8) is 0 Å². The lowest BCUT2D eigenvalue weighted by Crippen LogP contribution is -2.17. The maximum Gasteiger partial charge on any atom is 0.111 e. The Labute approximate surface area is 140 Å². The highest BCUT2D eigenvalue weighted by molar-refractivity contribution is 6.35. The molecule has 1 aliphatic heterocycles. The minimum atomic E-state index is 0.316. The van der Waals surface area contributed by atoms with Crippen molar-refractivity contribution in [2.24, 2.45) is 7.05 Å². The van der Waals surface area contributed by atoms with Gasteiger partial charge in [0.05, 0.1) is 16.4 Å². The second kappa shape index (κ2) is 5.39. The van der Waals surface area contributed by atoms with Crippen LogP contribution in [-0.2, 0) is 7.05 Å². The Kier molecular flexibility index (Phi) is 3.34. The van der Waals surface area contributed by atoms with Crippen molar-refractivity contribution in [1.29, 1.82) is 0 Å². The normalized spacial score (nSPS) is 17.3. The van der Waals surface area contributed by atoms with Crippen LogP contribution in [0.5, 0.6) is 0 Å². The zero-order valence-electron chi connectivity index (χ0n) is 13.1. The highest BCUT2D eigenvalue weighted by atomic mass is 35.5. The second-order valence-electron chi connectivity index (χ2n) is 5.95. The molecule has 0 bridgehead atoms. The maximum atomic E-state index is 6.41. The molecule has 1 aromatic carbocycles.